The van der Waals surface area contributed by atoms with Gasteiger partial charge in [-0.25, -0.2) is 8.42 Å². The molecule has 0 saturated carbocycles. The van der Waals surface area contributed by atoms with Crippen molar-refractivity contribution in [2.75, 3.05) is 23.2 Å². The normalized spacial score (nSPS) is 17.0. The molecule has 1 atom stereocenters. The summed E-state index contributed by atoms with van der Waals surface area (Å²) in [6.45, 7) is 3.13. The molecule has 0 aliphatic carbocycles. The summed E-state index contributed by atoms with van der Waals surface area (Å²) in [4.78, 5) is 0.113. The van der Waals surface area contributed by atoms with Gasteiger partial charge in [-0.1, -0.05) is 5.16 Å². The second-order valence-electron chi connectivity index (χ2n) is 5.92. The van der Waals surface area contributed by atoms with E-state index in [0.29, 0.717) is 23.1 Å². The van der Waals surface area contributed by atoms with Crippen LogP contribution in [0.2, 0.25) is 0 Å². The molecule has 0 unspecified atom stereocenters. The first-order chi connectivity index (χ1) is 12.4. The highest BCUT2D eigenvalue weighted by Crippen LogP contribution is 2.18. The molecule has 26 heavy (non-hydrogen) atoms. The Hall–Kier alpha value is -2.17. The quantitative estimate of drug-likeness (QED) is 0.639. The second kappa shape index (κ2) is 8.02. The van der Waals surface area contributed by atoms with E-state index in [2.05, 4.69) is 20.5 Å². The summed E-state index contributed by atoms with van der Waals surface area (Å²) < 4.78 is 37.4. The number of nitrogens with one attached hydrogen (secondary N) is 3. The monoisotopic (exact) mass is 396 g/mol. The van der Waals surface area contributed by atoms with Gasteiger partial charge in [0.1, 0.15) is 5.76 Å². The molecule has 1 aliphatic rings. The number of hydrogen-bond donors (Lipinski definition) is 3. The molecular weight excluding hydrogens is 376 g/mol. The van der Waals surface area contributed by atoms with Gasteiger partial charge >= 0.3 is 0 Å². The van der Waals surface area contributed by atoms with E-state index in [1.807, 2.05) is 0 Å². The van der Waals surface area contributed by atoms with Gasteiger partial charge in [-0.15, -0.1) is 0 Å². The molecular formula is C16H20N4O4S2. The van der Waals surface area contributed by atoms with Crippen LogP contribution in [-0.4, -0.2) is 37.9 Å². The van der Waals surface area contributed by atoms with Crippen LogP contribution < -0.4 is 15.4 Å². The van der Waals surface area contributed by atoms with Gasteiger partial charge in [-0.3, -0.25) is 4.72 Å². The maximum absolute atomic E-state index is 12.3. The van der Waals surface area contributed by atoms with Crippen molar-refractivity contribution >= 4 is 38.9 Å². The third kappa shape index (κ3) is 4.93. The Kier molecular flexibility index (Phi) is 5.74. The zero-order valence-corrected chi connectivity index (χ0v) is 15.8. The minimum Gasteiger partial charge on any atom is -0.376 e. The number of rotatable bonds is 6. The first kappa shape index (κ1) is 18.6. The Morgan fingerprint density at radius 1 is 1.35 bits per heavy atom. The average molecular weight is 396 g/mol. The lowest BCUT2D eigenvalue weighted by atomic mass is 10.2. The highest BCUT2D eigenvalue weighted by atomic mass is 32.2. The van der Waals surface area contributed by atoms with E-state index in [9.17, 15) is 8.42 Å². The molecule has 1 aromatic heterocycles. The van der Waals surface area contributed by atoms with Gasteiger partial charge in [0.25, 0.3) is 10.0 Å². The highest BCUT2D eigenvalue weighted by molar-refractivity contribution is 7.92. The van der Waals surface area contributed by atoms with E-state index < -0.39 is 10.0 Å². The number of nitrogens with zero attached hydrogens (tertiary/aromatic N) is 1. The predicted molar refractivity (Wildman–Crippen MR) is 102 cm³/mol. The molecule has 0 radical (unpaired) electrons. The van der Waals surface area contributed by atoms with E-state index in [1.165, 1.54) is 18.2 Å². The zero-order chi connectivity index (χ0) is 18.6. The number of hydrogen-bond acceptors (Lipinski definition) is 6. The molecule has 10 heteroatoms. The summed E-state index contributed by atoms with van der Waals surface area (Å²) in [6, 6.07) is 7.76. The first-order valence-electron chi connectivity index (χ1n) is 8.15. The molecule has 0 spiro atoms. The maximum Gasteiger partial charge on any atom is 0.263 e. The van der Waals surface area contributed by atoms with Crippen LogP contribution in [-0.2, 0) is 14.8 Å². The van der Waals surface area contributed by atoms with Crippen LogP contribution in [0.15, 0.2) is 39.8 Å². The number of aryl methyl sites for hydroxylation is 1. The van der Waals surface area contributed by atoms with Crippen LogP contribution >= 0.6 is 12.2 Å². The Morgan fingerprint density at radius 2 is 2.12 bits per heavy atom. The molecule has 3 rings (SSSR count). The lowest BCUT2D eigenvalue weighted by Gasteiger charge is -2.14. The Labute approximate surface area is 157 Å². The number of benzene rings is 1. The fourth-order valence-corrected chi connectivity index (χ4v) is 3.70. The van der Waals surface area contributed by atoms with Crippen molar-refractivity contribution in [2.45, 2.75) is 30.8 Å². The third-order valence-electron chi connectivity index (χ3n) is 3.80. The second-order valence-corrected chi connectivity index (χ2v) is 8.01. The number of thiocarbonyl (C=S) groups is 1. The van der Waals surface area contributed by atoms with Crippen molar-refractivity contribution in [3.8, 4) is 0 Å². The lowest BCUT2D eigenvalue weighted by molar-refractivity contribution is 0.114. The largest absolute Gasteiger partial charge is 0.376 e. The Bertz CT molecular complexity index is 859. The van der Waals surface area contributed by atoms with Gasteiger partial charge in [-0.05, 0) is 56.2 Å². The Morgan fingerprint density at radius 3 is 2.73 bits per heavy atom. The van der Waals surface area contributed by atoms with Crippen LogP contribution in [0.4, 0.5) is 11.5 Å². The molecule has 2 heterocycles. The minimum absolute atomic E-state index is 0.113. The third-order valence-corrected chi connectivity index (χ3v) is 5.42. The highest BCUT2D eigenvalue weighted by Gasteiger charge is 2.17. The smallest absolute Gasteiger partial charge is 0.263 e. The molecule has 140 valence electrons. The van der Waals surface area contributed by atoms with Crippen LogP contribution in [0, 0.1) is 6.92 Å². The van der Waals surface area contributed by atoms with Gasteiger partial charge < -0.3 is 19.9 Å². The number of ether oxygens (including phenoxy) is 1. The van der Waals surface area contributed by atoms with Gasteiger partial charge in [0.05, 0.1) is 11.0 Å². The average Bonchev–Trinajstić information content (AvgIpc) is 3.25. The maximum atomic E-state index is 12.3. The predicted octanol–water partition coefficient (Wildman–Crippen LogP) is 2.25. The van der Waals surface area contributed by atoms with Gasteiger partial charge in [-0.2, -0.15) is 0 Å². The van der Waals surface area contributed by atoms with Gasteiger partial charge in [0.2, 0.25) is 0 Å². The van der Waals surface area contributed by atoms with Crippen molar-refractivity contribution < 1.29 is 17.7 Å². The molecule has 1 fully saturated rings. The summed E-state index contributed by atoms with van der Waals surface area (Å²) in [5, 5.41) is 10.2. The van der Waals surface area contributed by atoms with Crippen LogP contribution in [0.5, 0.6) is 0 Å². The van der Waals surface area contributed by atoms with Crippen LogP contribution in [0.3, 0.4) is 0 Å². The Balaban J connectivity index is 1.56. The first-order valence-corrected chi connectivity index (χ1v) is 10.0. The summed E-state index contributed by atoms with van der Waals surface area (Å²) in [5.41, 5.74) is 0.686. The summed E-state index contributed by atoms with van der Waals surface area (Å²) in [5.74, 6) is 0.662. The summed E-state index contributed by atoms with van der Waals surface area (Å²) in [6.07, 6.45) is 2.29. The van der Waals surface area contributed by atoms with Crippen molar-refractivity contribution in [3.63, 3.8) is 0 Å². The van der Waals surface area contributed by atoms with Crippen LogP contribution in [0.1, 0.15) is 18.6 Å². The summed E-state index contributed by atoms with van der Waals surface area (Å²) >= 11 is 5.24. The van der Waals surface area contributed by atoms with Crippen molar-refractivity contribution in [2.24, 2.45) is 0 Å². The summed E-state index contributed by atoms with van der Waals surface area (Å²) in [7, 11) is -3.73. The van der Waals surface area contributed by atoms with E-state index in [4.69, 9.17) is 21.5 Å². The molecule has 2 aromatic rings. The molecule has 1 saturated heterocycles. The SMILES string of the molecule is Cc1cc(NS(=O)(=O)c2ccc(NC(=S)NC[C@@H]3CCCO3)cc2)no1. The van der Waals surface area contributed by atoms with Gasteiger partial charge in [0.15, 0.2) is 10.9 Å². The van der Waals surface area contributed by atoms with Crippen molar-refractivity contribution in [1.82, 2.24) is 10.5 Å². The van der Waals surface area contributed by atoms with Crippen LogP contribution in [0.25, 0.3) is 0 Å². The van der Waals surface area contributed by atoms with Gasteiger partial charge in [0, 0.05) is 24.9 Å². The molecule has 1 aromatic carbocycles. The van der Waals surface area contributed by atoms with E-state index >= 15 is 0 Å². The zero-order valence-electron chi connectivity index (χ0n) is 14.2. The molecule has 0 amide bonds. The number of sulfonamides is 1. The fraction of sp³-hybridized carbons (Fsp3) is 0.375. The number of aromatic nitrogens is 1. The molecule has 8 nitrogen and oxygen atoms in total. The van der Waals surface area contributed by atoms with Crippen molar-refractivity contribution in [3.05, 3.63) is 36.1 Å². The van der Waals surface area contributed by atoms with E-state index in [1.54, 1.807) is 19.1 Å². The lowest BCUT2D eigenvalue weighted by Crippen LogP contribution is -2.34. The standard InChI is InChI=1S/C16H20N4O4S2/c1-11-9-15(19-24-11)20-26(21,22)14-6-4-12(5-7-14)18-16(25)17-10-13-3-2-8-23-13/h4-7,9,13H,2-3,8,10H2,1H3,(H,19,20)(H2,17,18,25)/t13-/m0/s1. The topological polar surface area (TPSA) is 105 Å². The molecule has 0 bridgehead atoms. The minimum atomic E-state index is -3.73. The van der Waals surface area contributed by atoms with Crippen molar-refractivity contribution in [1.29, 1.82) is 0 Å². The number of anilines is 2. The van der Waals surface area contributed by atoms with E-state index in [0.717, 1.165) is 19.4 Å². The van der Waals surface area contributed by atoms with E-state index in [-0.39, 0.29) is 16.8 Å². The molecule has 1 aliphatic heterocycles. The fourth-order valence-electron chi connectivity index (χ4n) is 2.52. The molecule has 3 N–H and O–H groups in total.